The lowest BCUT2D eigenvalue weighted by Crippen LogP contribution is -2.49. The topological polar surface area (TPSA) is 66.4 Å². The van der Waals surface area contributed by atoms with Gasteiger partial charge in [-0.05, 0) is 38.1 Å². The number of hydrogen-bond donors (Lipinski definition) is 0. The van der Waals surface area contributed by atoms with Crippen molar-refractivity contribution in [1.29, 1.82) is 0 Å². The Balaban J connectivity index is 1.43. The molecule has 1 aliphatic heterocycles. The van der Waals surface area contributed by atoms with Crippen LogP contribution in [-0.4, -0.2) is 49.1 Å². The van der Waals surface area contributed by atoms with Gasteiger partial charge in [0.1, 0.15) is 0 Å². The van der Waals surface area contributed by atoms with Gasteiger partial charge < -0.3 is 4.90 Å². The van der Waals surface area contributed by atoms with Crippen LogP contribution in [0.2, 0.25) is 0 Å². The van der Waals surface area contributed by atoms with Gasteiger partial charge in [-0.25, -0.2) is 8.42 Å². The fourth-order valence-electron chi connectivity index (χ4n) is 3.39. The first-order chi connectivity index (χ1) is 13.9. The Morgan fingerprint density at radius 3 is 1.86 bits per heavy atom. The monoisotopic (exact) mass is 408 g/mol. The minimum Gasteiger partial charge on any atom is -0.352 e. The number of sulfonamides is 1. The van der Waals surface area contributed by atoms with E-state index < -0.39 is 10.0 Å². The van der Waals surface area contributed by atoms with Crippen molar-refractivity contribution in [3.8, 4) is 11.3 Å². The van der Waals surface area contributed by atoms with Crippen LogP contribution in [0, 0.1) is 13.8 Å². The lowest BCUT2D eigenvalue weighted by Gasteiger charge is -2.34. The summed E-state index contributed by atoms with van der Waals surface area (Å²) in [6.07, 6.45) is 0. The van der Waals surface area contributed by atoms with Gasteiger partial charge in [0.2, 0.25) is 10.0 Å². The maximum atomic E-state index is 12.8. The van der Waals surface area contributed by atoms with Crippen molar-refractivity contribution in [3.63, 3.8) is 0 Å². The van der Waals surface area contributed by atoms with Crippen molar-refractivity contribution in [3.05, 3.63) is 71.8 Å². The van der Waals surface area contributed by atoms with E-state index >= 15 is 0 Å². The average molecular weight is 409 g/mol. The van der Waals surface area contributed by atoms with Gasteiger partial charge in [-0.3, -0.25) is 0 Å². The summed E-state index contributed by atoms with van der Waals surface area (Å²) in [6, 6.07) is 19.1. The summed E-state index contributed by atoms with van der Waals surface area (Å²) in [5, 5.41) is 8.72. The van der Waals surface area contributed by atoms with Crippen LogP contribution in [0.3, 0.4) is 0 Å². The Kier molecular flexibility index (Phi) is 5.34. The molecular formula is C22H24N4O2S. The highest BCUT2D eigenvalue weighted by Gasteiger charge is 2.28. The van der Waals surface area contributed by atoms with Crippen molar-refractivity contribution >= 4 is 15.8 Å². The predicted molar refractivity (Wildman–Crippen MR) is 114 cm³/mol. The normalized spacial score (nSPS) is 15.4. The Labute approximate surface area is 171 Å². The first-order valence-corrected chi connectivity index (χ1v) is 11.1. The highest BCUT2D eigenvalue weighted by atomic mass is 32.2. The van der Waals surface area contributed by atoms with Gasteiger partial charge in [0.05, 0.1) is 10.6 Å². The highest BCUT2D eigenvalue weighted by molar-refractivity contribution is 7.89. The van der Waals surface area contributed by atoms with Gasteiger partial charge in [-0.15, -0.1) is 10.2 Å². The van der Waals surface area contributed by atoms with Crippen LogP contribution >= 0.6 is 0 Å². The smallest absolute Gasteiger partial charge is 0.243 e. The molecule has 150 valence electrons. The Hall–Kier alpha value is -2.77. The third-order valence-corrected chi connectivity index (χ3v) is 7.13. The van der Waals surface area contributed by atoms with E-state index in [1.807, 2.05) is 43.3 Å². The molecule has 6 nitrogen and oxygen atoms in total. The minimum atomic E-state index is -3.46. The van der Waals surface area contributed by atoms with Gasteiger partial charge in [0.25, 0.3) is 0 Å². The van der Waals surface area contributed by atoms with Crippen LogP contribution in [0.1, 0.15) is 11.1 Å². The molecule has 0 aliphatic carbocycles. The maximum absolute atomic E-state index is 12.8. The van der Waals surface area contributed by atoms with Crippen molar-refractivity contribution < 1.29 is 8.42 Å². The zero-order valence-corrected chi connectivity index (χ0v) is 17.4. The molecule has 0 unspecified atom stereocenters. The first-order valence-electron chi connectivity index (χ1n) is 9.66. The number of benzene rings is 2. The van der Waals surface area contributed by atoms with Crippen LogP contribution in [0.25, 0.3) is 11.3 Å². The maximum Gasteiger partial charge on any atom is 0.243 e. The van der Waals surface area contributed by atoms with Crippen molar-refractivity contribution in [1.82, 2.24) is 14.5 Å². The van der Waals surface area contributed by atoms with Crippen LogP contribution < -0.4 is 4.90 Å². The molecule has 0 N–H and O–H groups in total. The van der Waals surface area contributed by atoms with Crippen molar-refractivity contribution in [2.75, 3.05) is 31.1 Å². The second-order valence-electron chi connectivity index (χ2n) is 7.35. The second kappa shape index (κ2) is 7.93. The van der Waals surface area contributed by atoms with E-state index in [2.05, 4.69) is 34.2 Å². The van der Waals surface area contributed by atoms with E-state index in [0.717, 1.165) is 22.6 Å². The third-order valence-electron chi connectivity index (χ3n) is 5.22. The number of piperazine rings is 1. The summed E-state index contributed by atoms with van der Waals surface area (Å²) in [6.45, 7) is 6.03. The molecule has 7 heteroatoms. The molecule has 29 heavy (non-hydrogen) atoms. The molecule has 3 aromatic rings. The summed E-state index contributed by atoms with van der Waals surface area (Å²) < 4.78 is 27.2. The summed E-state index contributed by atoms with van der Waals surface area (Å²) >= 11 is 0. The summed E-state index contributed by atoms with van der Waals surface area (Å²) in [5.74, 6) is 0.772. The second-order valence-corrected chi connectivity index (χ2v) is 9.28. The van der Waals surface area contributed by atoms with Gasteiger partial charge in [-0.2, -0.15) is 4.31 Å². The van der Waals surface area contributed by atoms with E-state index in [1.165, 1.54) is 5.56 Å². The molecule has 2 aromatic carbocycles. The standard InChI is InChI=1S/C22H24N4O2S/c1-17-3-7-19(8-4-17)21-11-12-22(24-23-21)25-13-15-26(16-14-25)29(27,28)20-9-5-18(2)6-10-20/h3-12H,13-16H2,1-2H3. The number of aromatic nitrogens is 2. The van der Waals surface area contributed by atoms with E-state index in [1.54, 1.807) is 16.4 Å². The van der Waals surface area contributed by atoms with Gasteiger partial charge in [-0.1, -0.05) is 47.5 Å². The van der Waals surface area contributed by atoms with E-state index in [4.69, 9.17) is 0 Å². The Morgan fingerprint density at radius 1 is 0.724 bits per heavy atom. The molecular weight excluding hydrogens is 384 g/mol. The minimum absolute atomic E-state index is 0.346. The Bertz CT molecular complexity index is 1070. The number of rotatable bonds is 4. The SMILES string of the molecule is Cc1ccc(-c2ccc(N3CCN(S(=O)(=O)c4ccc(C)cc4)CC3)nn2)cc1. The molecule has 0 atom stereocenters. The number of anilines is 1. The molecule has 2 heterocycles. The van der Waals surface area contributed by atoms with E-state index in [9.17, 15) is 8.42 Å². The third kappa shape index (κ3) is 4.16. The predicted octanol–water partition coefficient (Wildman–Crippen LogP) is 3.27. The largest absolute Gasteiger partial charge is 0.352 e. The quantitative estimate of drug-likeness (QED) is 0.663. The van der Waals surface area contributed by atoms with Crippen LogP contribution in [0.15, 0.2) is 65.6 Å². The van der Waals surface area contributed by atoms with E-state index in [-0.39, 0.29) is 0 Å². The number of aryl methyl sites for hydroxylation is 2. The van der Waals surface area contributed by atoms with E-state index in [0.29, 0.717) is 31.1 Å². The molecule has 4 rings (SSSR count). The van der Waals surface area contributed by atoms with Crippen LogP contribution in [0.5, 0.6) is 0 Å². The molecule has 1 aliphatic rings. The molecule has 0 amide bonds. The zero-order chi connectivity index (χ0) is 20.4. The number of nitrogens with zero attached hydrogens (tertiary/aromatic N) is 4. The molecule has 1 saturated heterocycles. The molecule has 0 radical (unpaired) electrons. The summed E-state index contributed by atoms with van der Waals surface area (Å²) in [5.41, 5.74) is 4.11. The lowest BCUT2D eigenvalue weighted by atomic mass is 10.1. The molecule has 1 fully saturated rings. The Morgan fingerprint density at radius 2 is 1.31 bits per heavy atom. The van der Waals surface area contributed by atoms with Crippen LogP contribution in [-0.2, 0) is 10.0 Å². The zero-order valence-electron chi connectivity index (χ0n) is 16.6. The van der Waals surface area contributed by atoms with Gasteiger partial charge in [0, 0.05) is 31.7 Å². The van der Waals surface area contributed by atoms with Crippen molar-refractivity contribution in [2.45, 2.75) is 18.7 Å². The highest BCUT2D eigenvalue weighted by Crippen LogP contribution is 2.22. The van der Waals surface area contributed by atoms with Crippen molar-refractivity contribution in [2.24, 2.45) is 0 Å². The van der Waals surface area contributed by atoms with Gasteiger partial charge >= 0.3 is 0 Å². The average Bonchev–Trinajstić information content (AvgIpc) is 2.75. The molecule has 0 bridgehead atoms. The molecule has 0 spiro atoms. The van der Waals surface area contributed by atoms with Gasteiger partial charge in [0.15, 0.2) is 5.82 Å². The lowest BCUT2D eigenvalue weighted by molar-refractivity contribution is 0.383. The number of hydrogen-bond acceptors (Lipinski definition) is 5. The fourth-order valence-corrected chi connectivity index (χ4v) is 4.81. The fraction of sp³-hybridized carbons (Fsp3) is 0.273. The van der Waals surface area contributed by atoms with Crippen LogP contribution in [0.4, 0.5) is 5.82 Å². The summed E-state index contributed by atoms with van der Waals surface area (Å²) in [4.78, 5) is 2.42. The molecule has 1 aromatic heterocycles. The molecule has 0 saturated carbocycles. The summed E-state index contributed by atoms with van der Waals surface area (Å²) in [7, 11) is -3.46. The first kappa shape index (κ1) is 19.5.